The molecule has 19 heavy (non-hydrogen) atoms. The maximum absolute atomic E-state index is 10.0. The first-order chi connectivity index (χ1) is 9.15. The summed E-state index contributed by atoms with van der Waals surface area (Å²) in [4.78, 5) is 0. The SMILES string of the molecule is CC(C)CSCC(O)Cc1ccn(C2CCCC2)n1. The average molecular weight is 282 g/mol. The van der Waals surface area contributed by atoms with Crippen LogP contribution in [0.1, 0.15) is 51.3 Å². The van der Waals surface area contributed by atoms with Crippen molar-refractivity contribution in [1.29, 1.82) is 0 Å². The predicted molar refractivity (Wildman–Crippen MR) is 81.6 cm³/mol. The lowest BCUT2D eigenvalue weighted by Crippen LogP contribution is -2.15. The Labute approximate surface area is 120 Å². The summed E-state index contributed by atoms with van der Waals surface area (Å²) in [5.74, 6) is 2.63. The minimum atomic E-state index is -0.268. The highest BCUT2D eigenvalue weighted by Crippen LogP contribution is 2.28. The van der Waals surface area contributed by atoms with Gasteiger partial charge in [-0.15, -0.1) is 0 Å². The Bertz CT molecular complexity index is 372. The van der Waals surface area contributed by atoms with Crippen LogP contribution in [-0.4, -0.2) is 32.5 Å². The summed E-state index contributed by atoms with van der Waals surface area (Å²) in [5, 5.41) is 14.6. The van der Waals surface area contributed by atoms with E-state index in [4.69, 9.17) is 0 Å². The van der Waals surface area contributed by atoms with Crippen LogP contribution in [0.2, 0.25) is 0 Å². The molecule has 1 unspecified atom stereocenters. The van der Waals surface area contributed by atoms with Crippen LogP contribution in [0.25, 0.3) is 0 Å². The molecule has 2 rings (SSSR count). The molecule has 1 aromatic heterocycles. The molecule has 0 amide bonds. The van der Waals surface area contributed by atoms with Crippen LogP contribution < -0.4 is 0 Å². The number of hydrogen-bond donors (Lipinski definition) is 1. The second kappa shape index (κ2) is 7.34. The highest BCUT2D eigenvalue weighted by atomic mass is 32.2. The molecule has 0 saturated heterocycles. The van der Waals surface area contributed by atoms with Crippen molar-refractivity contribution >= 4 is 11.8 Å². The van der Waals surface area contributed by atoms with Gasteiger partial charge in [0.1, 0.15) is 0 Å². The quantitative estimate of drug-likeness (QED) is 0.834. The summed E-state index contributed by atoms with van der Waals surface area (Å²) in [6, 6.07) is 2.66. The number of aliphatic hydroxyl groups excluding tert-OH is 1. The molecule has 1 fully saturated rings. The Morgan fingerprint density at radius 3 is 2.79 bits per heavy atom. The molecule has 0 aromatic carbocycles. The minimum Gasteiger partial charge on any atom is -0.392 e. The van der Waals surface area contributed by atoms with Gasteiger partial charge in [0.15, 0.2) is 0 Å². The van der Waals surface area contributed by atoms with E-state index in [0.717, 1.165) is 17.2 Å². The number of aliphatic hydroxyl groups is 1. The molecule has 1 saturated carbocycles. The Kier molecular flexibility index (Phi) is 5.76. The molecule has 108 valence electrons. The van der Waals surface area contributed by atoms with E-state index in [0.29, 0.717) is 18.4 Å². The third kappa shape index (κ3) is 4.84. The normalized spacial score (nSPS) is 18.3. The van der Waals surface area contributed by atoms with Crippen molar-refractivity contribution in [2.24, 2.45) is 5.92 Å². The van der Waals surface area contributed by atoms with E-state index < -0.39 is 0 Å². The topological polar surface area (TPSA) is 38.0 Å². The van der Waals surface area contributed by atoms with Gasteiger partial charge in [0.05, 0.1) is 17.8 Å². The van der Waals surface area contributed by atoms with Crippen LogP contribution in [0, 0.1) is 5.92 Å². The van der Waals surface area contributed by atoms with Gasteiger partial charge >= 0.3 is 0 Å². The average Bonchev–Trinajstić information content (AvgIpc) is 2.97. The van der Waals surface area contributed by atoms with Crippen molar-refractivity contribution in [3.05, 3.63) is 18.0 Å². The van der Waals surface area contributed by atoms with E-state index >= 15 is 0 Å². The molecule has 0 spiro atoms. The molecule has 1 heterocycles. The van der Waals surface area contributed by atoms with E-state index in [1.54, 1.807) is 0 Å². The summed E-state index contributed by atoms with van der Waals surface area (Å²) in [5.41, 5.74) is 1.03. The largest absolute Gasteiger partial charge is 0.392 e. The first-order valence-corrected chi connectivity index (χ1v) is 8.60. The number of aromatic nitrogens is 2. The van der Waals surface area contributed by atoms with Gasteiger partial charge in [0, 0.05) is 18.4 Å². The zero-order valence-corrected chi connectivity index (χ0v) is 12.9. The van der Waals surface area contributed by atoms with Crippen molar-refractivity contribution in [2.45, 2.75) is 58.1 Å². The fourth-order valence-electron chi connectivity index (χ4n) is 2.60. The highest BCUT2D eigenvalue weighted by molar-refractivity contribution is 7.99. The molecule has 3 nitrogen and oxygen atoms in total. The smallest absolute Gasteiger partial charge is 0.0686 e. The maximum Gasteiger partial charge on any atom is 0.0686 e. The van der Waals surface area contributed by atoms with Crippen LogP contribution in [0.3, 0.4) is 0 Å². The van der Waals surface area contributed by atoms with Crippen molar-refractivity contribution in [2.75, 3.05) is 11.5 Å². The van der Waals surface area contributed by atoms with Crippen molar-refractivity contribution in [3.63, 3.8) is 0 Å². The molecule has 1 aliphatic rings. The van der Waals surface area contributed by atoms with Crippen LogP contribution in [0.4, 0.5) is 0 Å². The molecule has 1 atom stereocenters. The van der Waals surface area contributed by atoms with E-state index in [-0.39, 0.29) is 6.10 Å². The highest BCUT2D eigenvalue weighted by Gasteiger charge is 2.18. The van der Waals surface area contributed by atoms with Gasteiger partial charge in [-0.2, -0.15) is 16.9 Å². The number of hydrogen-bond acceptors (Lipinski definition) is 3. The first kappa shape index (κ1) is 14.9. The van der Waals surface area contributed by atoms with E-state index in [1.165, 1.54) is 25.7 Å². The predicted octanol–water partition coefficient (Wildman–Crippen LogP) is 3.29. The first-order valence-electron chi connectivity index (χ1n) is 7.45. The molecule has 1 aliphatic carbocycles. The van der Waals surface area contributed by atoms with Gasteiger partial charge in [-0.05, 0) is 30.6 Å². The number of rotatable bonds is 7. The summed E-state index contributed by atoms with van der Waals surface area (Å²) in [7, 11) is 0. The van der Waals surface area contributed by atoms with Crippen LogP contribution in [0.15, 0.2) is 12.3 Å². The monoisotopic (exact) mass is 282 g/mol. The molecule has 1 N–H and O–H groups in total. The Hall–Kier alpha value is -0.480. The van der Waals surface area contributed by atoms with Gasteiger partial charge in [-0.1, -0.05) is 26.7 Å². The lowest BCUT2D eigenvalue weighted by molar-refractivity contribution is 0.198. The maximum atomic E-state index is 10.0. The summed E-state index contributed by atoms with van der Waals surface area (Å²) < 4.78 is 2.11. The summed E-state index contributed by atoms with van der Waals surface area (Å²) >= 11 is 1.84. The zero-order chi connectivity index (χ0) is 13.7. The Balaban J connectivity index is 1.75. The molecule has 1 aromatic rings. The molecule has 0 aliphatic heterocycles. The molecule has 4 heteroatoms. The van der Waals surface area contributed by atoms with Gasteiger partial charge in [-0.3, -0.25) is 4.68 Å². The van der Waals surface area contributed by atoms with Crippen molar-refractivity contribution in [3.8, 4) is 0 Å². The molecular formula is C15H26N2OS. The van der Waals surface area contributed by atoms with Crippen molar-refractivity contribution in [1.82, 2.24) is 9.78 Å². The minimum absolute atomic E-state index is 0.268. The van der Waals surface area contributed by atoms with Crippen LogP contribution in [-0.2, 0) is 6.42 Å². The van der Waals surface area contributed by atoms with Crippen LogP contribution >= 0.6 is 11.8 Å². The Morgan fingerprint density at radius 1 is 1.37 bits per heavy atom. The van der Waals surface area contributed by atoms with E-state index in [2.05, 4.69) is 35.9 Å². The molecular weight excluding hydrogens is 256 g/mol. The number of thioether (sulfide) groups is 1. The van der Waals surface area contributed by atoms with Crippen LogP contribution in [0.5, 0.6) is 0 Å². The standard InChI is InChI=1S/C15H26N2OS/c1-12(2)10-19-11-15(18)9-13-7-8-17(16-13)14-5-3-4-6-14/h7-8,12,14-15,18H,3-6,9-11H2,1-2H3. The zero-order valence-electron chi connectivity index (χ0n) is 12.1. The fourth-order valence-corrected chi connectivity index (χ4v) is 3.60. The second-order valence-electron chi connectivity index (χ2n) is 6.01. The van der Waals surface area contributed by atoms with Gasteiger partial charge in [0.25, 0.3) is 0 Å². The lowest BCUT2D eigenvalue weighted by atomic mass is 10.2. The molecule has 0 radical (unpaired) electrons. The van der Waals surface area contributed by atoms with E-state index in [1.807, 2.05) is 11.8 Å². The fraction of sp³-hybridized carbons (Fsp3) is 0.800. The molecule has 0 bridgehead atoms. The van der Waals surface area contributed by atoms with E-state index in [9.17, 15) is 5.11 Å². The van der Waals surface area contributed by atoms with Gasteiger partial charge < -0.3 is 5.11 Å². The van der Waals surface area contributed by atoms with Gasteiger partial charge in [-0.25, -0.2) is 0 Å². The summed E-state index contributed by atoms with van der Waals surface area (Å²) in [6.07, 6.45) is 7.67. The second-order valence-corrected chi connectivity index (χ2v) is 7.09. The van der Waals surface area contributed by atoms with Crippen molar-refractivity contribution < 1.29 is 5.11 Å². The lowest BCUT2D eigenvalue weighted by Gasteiger charge is -2.11. The Morgan fingerprint density at radius 2 is 2.11 bits per heavy atom. The third-order valence-electron chi connectivity index (χ3n) is 3.57. The number of nitrogens with zero attached hydrogens (tertiary/aromatic N) is 2. The van der Waals surface area contributed by atoms with Gasteiger partial charge in [0.2, 0.25) is 0 Å². The third-order valence-corrected chi connectivity index (χ3v) is 5.09. The summed E-state index contributed by atoms with van der Waals surface area (Å²) in [6.45, 7) is 4.42.